The molecule has 0 radical (unpaired) electrons. The third-order valence-electron chi connectivity index (χ3n) is 6.09. The lowest BCUT2D eigenvalue weighted by atomic mass is 9.74. The molecule has 0 saturated heterocycles. The number of nitrogens with one attached hydrogen (secondary N) is 1. The fraction of sp³-hybridized carbons (Fsp3) is 0.280. The minimum Gasteiger partial charge on any atom is -0.323 e. The van der Waals surface area contributed by atoms with E-state index in [-0.39, 0.29) is 0 Å². The summed E-state index contributed by atoms with van der Waals surface area (Å²) in [6, 6.07) is 29.5. The predicted molar refractivity (Wildman–Crippen MR) is 122 cm³/mol. The van der Waals surface area contributed by atoms with Gasteiger partial charge in [-0.2, -0.15) is 0 Å². The molecule has 3 aromatic carbocycles. The van der Waals surface area contributed by atoms with Gasteiger partial charge in [-0.3, -0.25) is 9.88 Å². The number of hydrogen-bond acceptors (Lipinski definition) is 2. The Kier molecular flexibility index (Phi) is 6.08. The number of hydrogen-bond donors (Lipinski definition) is 3. The first-order chi connectivity index (χ1) is 14.0. The highest BCUT2D eigenvalue weighted by molar-refractivity contribution is 7.53. The van der Waals surface area contributed by atoms with Gasteiger partial charge in [0.2, 0.25) is 0 Å². The highest BCUT2D eigenvalue weighted by Crippen LogP contribution is 2.59. The largest absolute Gasteiger partial charge is 0.345 e. The van der Waals surface area contributed by atoms with Crippen molar-refractivity contribution in [1.82, 2.24) is 5.32 Å². The Balaban J connectivity index is 2.42. The van der Waals surface area contributed by atoms with Crippen LogP contribution in [0, 0.1) is 5.41 Å². The lowest BCUT2D eigenvalue weighted by molar-refractivity contribution is 0.162. The van der Waals surface area contributed by atoms with Gasteiger partial charge in [0.1, 0.15) is 5.28 Å². The van der Waals surface area contributed by atoms with Gasteiger partial charge < -0.3 is 9.79 Å². The molecule has 0 amide bonds. The summed E-state index contributed by atoms with van der Waals surface area (Å²) >= 11 is 0. The van der Waals surface area contributed by atoms with Gasteiger partial charge >= 0.3 is 7.60 Å². The maximum atomic E-state index is 12.9. The van der Waals surface area contributed by atoms with E-state index in [1.807, 2.05) is 112 Å². The van der Waals surface area contributed by atoms with E-state index in [4.69, 9.17) is 0 Å². The van der Waals surface area contributed by atoms with E-state index in [2.05, 4.69) is 5.32 Å². The van der Waals surface area contributed by atoms with Crippen LogP contribution in [0.5, 0.6) is 0 Å². The second kappa shape index (κ2) is 8.13. The van der Waals surface area contributed by atoms with Crippen molar-refractivity contribution in [2.75, 3.05) is 0 Å². The molecule has 30 heavy (non-hydrogen) atoms. The van der Waals surface area contributed by atoms with Crippen molar-refractivity contribution >= 4 is 7.60 Å². The average Bonchev–Trinajstić information content (AvgIpc) is 2.72. The Morgan fingerprint density at radius 3 is 1.17 bits per heavy atom. The standard InChI is InChI=1S/C25H30NO3P/c1-23(2,3)24(4,30(27,28)29)26-25(20-14-8-5-9-15-20,21-16-10-6-11-17-21)22-18-12-7-13-19-22/h5-19,26H,1-4H3,(H2,27,28,29)/t24-/m1/s1. The SMILES string of the molecule is CC(C)(C)[C@](C)(NC(c1ccccc1)(c1ccccc1)c1ccccc1)P(=O)(O)O. The lowest BCUT2D eigenvalue weighted by Crippen LogP contribution is -2.61. The van der Waals surface area contributed by atoms with Gasteiger partial charge in [0, 0.05) is 0 Å². The van der Waals surface area contributed by atoms with Crippen molar-refractivity contribution in [3.8, 4) is 0 Å². The molecule has 0 bridgehead atoms. The number of rotatable bonds is 6. The van der Waals surface area contributed by atoms with Crippen LogP contribution in [-0.2, 0) is 10.1 Å². The van der Waals surface area contributed by atoms with Crippen molar-refractivity contribution in [3.63, 3.8) is 0 Å². The van der Waals surface area contributed by atoms with Gasteiger partial charge in [0.15, 0.2) is 0 Å². The molecule has 5 heteroatoms. The Morgan fingerprint density at radius 1 is 0.633 bits per heavy atom. The van der Waals surface area contributed by atoms with Crippen molar-refractivity contribution in [3.05, 3.63) is 108 Å². The molecule has 0 spiro atoms. The zero-order valence-corrected chi connectivity index (χ0v) is 18.8. The molecule has 0 saturated carbocycles. The smallest absolute Gasteiger partial charge is 0.323 e. The zero-order chi connectivity index (χ0) is 22.0. The molecule has 4 nitrogen and oxygen atoms in total. The van der Waals surface area contributed by atoms with Crippen LogP contribution in [-0.4, -0.2) is 15.1 Å². The van der Waals surface area contributed by atoms with Crippen LogP contribution in [0.3, 0.4) is 0 Å². The summed E-state index contributed by atoms with van der Waals surface area (Å²) in [5.41, 5.74) is 1.02. The lowest BCUT2D eigenvalue weighted by Gasteiger charge is -2.50. The van der Waals surface area contributed by atoms with Gasteiger partial charge in [-0.1, -0.05) is 112 Å². The molecule has 0 aliphatic heterocycles. The molecule has 0 aromatic heterocycles. The normalized spacial score (nSPS) is 14.9. The summed E-state index contributed by atoms with van der Waals surface area (Å²) < 4.78 is 12.9. The minimum atomic E-state index is -4.58. The van der Waals surface area contributed by atoms with Crippen LogP contribution < -0.4 is 5.32 Å². The highest BCUT2D eigenvalue weighted by Gasteiger charge is 2.56. The average molecular weight is 423 g/mol. The summed E-state index contributed by atoms with van der Waals surface area (Å²) in [4.78, 5) is 21.0. The molecular weight excluding hydrogens is 393 g/mol. The fourth-order valence-electron chi connectivity index (χ4n) is 3.84. The Bertz CT molecular complexity index is 914. The summed E-state index contributed by atoms with van der Waals surface area (Å²) in [6.45, 7) is 7.18. The molecular formula is C25H30NO3P. The van der Waals surface area contributed by atoms with Crippen LogP contribution in [0.4, 0.5) is 0 Å². The topological polar surface area (TPSA) is 69.6 Å². The first kappa shape index (κ1) is 22.5. The third-order valence-corrected chi connectivity index (χ3v) is 8.04. The summed E-state index contributed by atoms with van der Waals surface area (Å²) in [5, 5.41) is 2.00. The monoisotopic (exact) mass is 423 g/mol. The van der Waals surface area contributed by atoms with E-state index in [9.17, 15) is 14.4 Å². The van der Waals surface area contributed by atoms with Crippen molar-refractivity contribution < 1.29 is 14.4 Å². The van der Waals surface area contributed by atoms with Crippen LogP contribution in [0.15, 0.2) is 91.0 Å². The van der Waals surface area contributed by atoms with E-state index in [1.165, 1.54) is 0 Å². The summed E-state index contributed by atoms with van der Waals surface area (Å²) in [5.74, 6) is 0. The summed E-state index contributed by atoms with van der Waals surface area (Å²) in [6.07, 6.45) is 0. The van der Waals surface area contributed by atoms with Crippen LogP contribution >= 0.6 is 7.60 Å². The molecule has 1 atom stereocenters. The molecule has 0 aliphatic carbocycles. The van der Waals surface area contributed by atoms with E-state index < -0.39 is 23.8 Å². The minimum absolute atomic E-state index is 0.740. The van der Waals surface area contributed by atoms with Crippen molar-refractivity contribution in [2.24, 2.45) is 5.41 Å². The van der Waals surface area contributed by atoms with E-state index in [0.717, 1.165) is 16.7 Å². The van der Waals surface area contributed by atoms with Gasteiger partial charge in [0.05, 0.1) is 5.54 Å². The molecule has 0 fully saturated rings. The maximum Gasteiger partial charge on any atom is 0.345 e. The maximum absolute atomic E-state index is 12.9. The number of benzene rings is 3. The molecule has 3 aromatic rings. The van der Waals surface area contributed by atoms with Gasteiger partial charge in [-0.05, 0) is 29.0 Å². The van der Waals surface area contributed by atoms with Crippen molar-refractivity contribution in [1.29, 1.82) is 0 Å². The zero-order valence-electron chi connectivity index (χ0n) is 17.9. The molecule has 3 rings (SSSR count). The predicted octanol–water partition coefficient (Wildman–Crippen LogP) is 5.51. The molecule has 0 heterocycles. The molecule has 0 unspecified atom stereocenters. The molecule has 158 valence electrons. The highest BCUT2D eigenvalue weighted by atomic mass is 31.2. The van der Waals surface area contributed by atoms with Gasteiger partial charge in [-0.15, -0.1) is 0 Å². The second-order valence-electron chi connectivity index (χ2n) is 8.84. The van der Waals surface area contributed by atoms with Gasteiger partial charge in [0.25, 0.3) is 0 Å². The molecule has 3 N–H and O–H groups in total. The Labute approximate surface area is 179 Å². The second-order valence-corrected chi connectivity index (χ2v) is 10.8. The molecule has 0 aliphatic rings. The van der Waals surface area contributed by atoms with E-state index >= 15 is 0 Å². The van der Waals surface area contributed by atoms with E-state index in [1.54, 1.807) is 6.92 Å². The van der Waals surface area contributed by atoms with Crippen LogP contribution in [0.2, 0.25) is 0 Å². The van der Waals surface area contributed by atoms with Crippen LogP contribution in [0.1, 0.15) is 44.4 Å². The van der Waals surface area contributed by atoms with E-state index in [0.29, 0.717) is 0 Å². The first-order valence-corrected chi connectivity index (χ1v) is 11.7. The Morgan fingerprint density at radius 2 is 0.933 bits per heavy atom. The third kappa shape index (κ3) is 3.89. The quantitative estimate of drug-likeness (QED) is 0.361. The Hall–Kier alpha value is -2.23. The summed E-state index contributed by atoms with van der Waals surface area (Å²) in [7, 11) is -4.58. The van der Waals surface area contributed by atoms with Gasteiger partial charge in [-0.25, -0.2) is 0 Å². The van der Waals surface area contributed by atoms with Crippen LogP contribution in [0.25, 0.3) is 0 Å². The first-order valence-electron chi connectivity index (χ1n) is 10.0. The van der Waals surface area contributed by atoms with Crippen molar-refractivity contribution in [2.45, 2.75) is 38.5 Å². The fourth-order valence-corrected chi connectivity index (χ4v) is 5.03.